The van der Waals surface area contributed by atoms with E-state index in [0.29, 0.717) is 0 Å². The molecule has 4 aromatic heterocycles. The summed E-state index contributed by atoms with van der Waals surface area (Å²) in [5, 5.41) is 22.3. The topological polar surface area (TPSA) is 330 Å². The molecule has 23 nitrogen and oxygen atoms in total. The number of nitrogens with two attached hydrogens (primary N) is 2. The molecule has 4 aromatic rings. The highest BCUT2D eigenvalue weighted by Crippen LogP contribution is 2.51. The van der Waals surface area contributed by atoms with Gasteiger partial charge >= 0.3 is 15.4 Å². The maximum Gasteiger partial charge on any atom is 0.472 e. The van der Waals surface area contributed by atoms with E-state index in [1.807, 2.05) is 0 Å². The highest BCUT2D eigenvalue weighted by Gasteiger charge is 2.52. The van der Waals surface area contributed by atoms with Crippen molar-refractivity contribution in [2.75, 3.05) is 31.0 Å². The lowest BCUT2D eigenvalue weighted by atomic mass is 10.1. The molecule has 0 aromatic carbocycles. The molecule has 3 aliphatic heterocycles. The maximum absolute atomic E-state index is 13.2. The molecule has 6 unspecified atom stereocenters. The maximum atomic E-state index is 13.2. The first-order valence-corrected chi connectivity index (χ1v) is 16.6. The van der Waals surface area contributed by atoms with Gasteiger partial charge in [0.15, 0.2) is 35.1 Å². The number of phosphoric acid groups is 1. The summed E-state index contributed by atoms with van der Waals surface area (Å²) in [7, 11) is -9.69. The number of hydrogen-bond donors (Lipinski definition) is 7. The number of anilines is 2. The summed E-state index contributed by atoms with van der Waals surface area (Å²) in [4.78, 5) is 55.8. The zero-order chi connectivity index (χ0) is 32.5. The van der Waals surface area contributed by atoms with Gasteiger partial charge in [-0.2, -0.15) is 4.98 Å². The number of aliphatic hydroxyl groups excluding tert-OH is 2. The van der Waals surface area contributed by atoms with Crippen molar-refractivity contribution in [2.45, 2.75) is 49.1 Å². The SMILES string of the molecule is Nc1nc2c(ncn2[C@@H]2O[C@@H]3COP(=O)(O)COC4C(O)[C@H](n5cnc6c(N)ncnc65)O[C@@H]4COP(=O)(O)OC3C2O)c(=O)[nH]1. The smallest absolute Gasteiger partial charge is 0.386 e. The quantitative estimate of drug-likeness (QED) is 0.109. The highest BCUT2D eigenvalue weighted by atomic mass is 31.2. The molecule has 0 saturated carbocycles. The van der Waals surface area contributed by atoms with Crippen molar-refractivity contribution >= 4 is 49.5 Å². The largest absolute Gasteiger partial charge is 0.472 e. The van der Waals surface area contributed by atoms with Crippen LogP contribution in [0.3, 0.4) is 0 Å². The Labute approximate surface area is 255 Å². The van der Waals surface area contributed by atoms with Gasteiger partial charge in [0.25, 0.3) is 5.56 Å². The van der Waals surface area contributed by atoms with Crippen molar-refractivity contribution in [3.05, 3.63) is 29.3 Å². The number of imidazole rings is 2. The fraction of sp³-hybridized carbons (Fsp3) is 0.524. The second kappa shape index (κ2) is 11.4. The van der Waals surface area contributed by atoms with Crippen LogP contribution in [0.1, 0.15) is 12.5 Å². The predicted octanol–water partition coefficient (Wildman–Crippen LogP) is -2.30. The molecule has 0 aliphatic carbocycles. The Hall–Kier alpha value is -3.44. The van der Waals surface area contributed by atoms with Crippen molar-refractivity contribution in [2.24, 2.45) is 0 Å². The first-order valence-electron chi connectivity index (χ1n) is 13.4. The van der Waals surface area contributed by atoms with Gasteiger partial charge in [0.05, 0.1) is 25.9 Å². The summed E-state index contributed by atoms with van der Waals surface area (Å²) >= 11 is 0. The van der Waals surface area contributed by atoms with E-state index < -0.39 is 89.6 Å². The Morgan fingerprint density at radius 3 is 2.24 bits per heavy atom. The number of nitrogen functional groups attached to an aromatic ring is 2. The molecule has 0 spiro atoms. The van der Waals surface area contributed by atoms with E-state index in [4.69, 9.17) is 39.2 Å². The predicted molar refractivity (Wildman–Crippen MR) is 148 cm³/mol. The summed E-state index contributed by atoms with van der Waals surface area (Å²) in [5.74, 6) is -0.203. The molecule has 0 amide bonds. The zero-order valence-electron chi connectivity index (χ0n) is 23.1. The molecule has 3 aliphatic rings. The molecule has 0 radical (unpaired) electrons. The average Bonchev–Trinajstić information content (AvgIpc) is 3.75. The van der Waals surface area contributed by atoms with E-state index >= 15 is 0 Å². The lowest BCUT2D eigenvalue weighted by molar-refractivity contribution is -0.0595. The Morgan fingerprint density at radius 2 is 1.50 bits per heavy atom. The molecule has 3 saturated heterocycles. The van der Waals surface area contributed by atoms with Gasteiger partial charge in [0.2, 0.25) is 5.95 Å². The van der Waals surface area contributed by atoms with E-state index in [2.05, 4.69) is 29.9 Å². The van der Waals surface area contributed by atoms with Crippen LogP contribution in [-0.4, -0.2) is 115 Å². The van der Waals surface area contributed by atoms with E-state index in [1.165, 1.54) is 17.2 Å². The number of ether oxygens (including phenoxy) is 3. The standard InChI is InChI=1S/C21H26N10O13P2/c22-15-9-16(25-3-24-15)30(4-26-9)19-11(32)13-7(42-19)2-41-46(37,38)44-14-8(1-40-45(35,36)6-39-13)43-20(12(14)33)31-5-27-10-17(31)28-21(23)29-18(10)34/h3-5,7-8,11-14,19-20,32-33H,1-2,6H2,(H,35,36)(H,37,38)(H2,22,24,25)(H3,23,28,29,34)/t7-,8-,11?,12?,13?,14?,19-,20-/m1/s1. The Balaban J connectivity index is 1.16. The van der Waals surface area contributed by atoms with E-state index in [1.54, 1.807) is 0 Å². The van der Waals surface area contributed by atoms with Gasteiger partial charge in [-0.15, -0.1) is 0 Å². The van der Waals surface area contributed by atoms with Crippen LogP contribution in [0.5, 0.6) is 0 Å². The van der Waals surface area contributed by atoms with Crippen molar-refractivity contribution in [1.82, 2.24) is 39.0 Å². The summed E-state index contributed by atoms with van der Waals surface area (Å²) in [6.07, 6.45) is -9.28. The normalized spacial score (nSPS) is 37.4. The van der Waals surface area contributed by atoms with E-state index in [9.17, 15) is 33.9 Å². The third kappa shape index (κ3) is 5.49. The number of H-pyrrole nitrogens is 1. The molecule has 7 heterocycles. The second-order valence-corrected chi connectivity index (χ2v) is 13.7. The van der Waals surface area contributed by atoms with E-state index in [-0.39, 0.29) is 34.1 Å². The van der Waals surface area contributed by atoms with Gasteiger partial charge < -0.3 is 50.2 Å². The summed E-state index contributed by atoms with van der Waals surface area (Å²) in [6, 6.07) is 0. The van der Waals surface area contributed by atoms with E-state index in [0.717, 1.165) is 10.9 Å². The molecular weight excluding hydrogens is 662 g/mol. The first-order chi connectivity index (χ1) is 21.8. The van der Waals surface area contributed by atoms with Crippen molar-refractivity contribution in [3.63, 3.8) is 0 Å². The molecule has 0 bridgehead atoms. The minimum atomic E-state index is -5.07. The Kier molecular flexibility index (Phi) is 7.70. The zero-order valence-corrected chi connectivity index (χ0v) is 24.9. The summed E-state index contributed by atoms with van der Waals surface area (Å²) < 4.78 is 61.5. The van der Waals surface area contributed by atoms with Crippen LogP contribution < -0.4 is 17.0 Å². The highest BCUT2D eigenvalue weighted by molar-refractivity contribution is 7.52. The Bertz CT molecular complexity index is 1950. The number of fused-ring (bicyclic) bond motifs is 4. The number of aromatic amines is 1. The molecule has 10 atom stereocenters. The monoisotopic (exact) mass is 688 g/mol. The molecule has 9 N–H and O–H groups in total. The van der Waals surface area contributed by atoms with Crippen LogP contribution >= 0.6 is 15.4 Å². The van der Waals surface area contributed by atoms with Gasteiger partial charge in [-0.05, 0) is 0 Å². The summed E-state index contributed by atoms with van der Waals surface area (Å²) in [5.41, 5.74) is 11.0. The number of phosphoric ester groups is 1. The number of hydrogen-bond acceptors (Lipinski definition) is 18. The molecule has 7 rings (SSSR count). The fourth-order valence-electron chi connectivity index (χ4n) is 5.45. The van der Waals surface area contributed by atoms with Crippen molar-refractivity contribution in [1.29, 1.82) is 0 Å². The lowest BCUT2D eigenvalue weighted by Gasteiger charge is -2.24. The molecule has 46 heavy (non-hydrogen) atoms. The van der Waals surface area contributed by atoms with Crippen LogP contribution in [0.2, 0.25) is 0 Å². The van der Waals surface area contributed by atoms with Crippen molar-refractivity contribution in [3.8, 4) is 0 Å². The molecular formula is C21H26N10O13P2. The number of nitrogens with zero attached hydrogens (tertiary/aromatic N) is 7. The number of aromatic nitrogens is 8. The molecule has 3 fully saturated rings. The van der Waals surface area contributed by atoms with Gasteiger partial charge in [-0.3, -0.25) is 32.5 Å². The summed E-state index contributed by atoms with van der Waals surface area (Å²) in [6.45, 7) is -1.49. The number of rotatable bonds is 2. The minimum absolute atomic E-state index is 0.0593. The molecule has 25 heteroatoms. The van der Waals surface area contributed by atoms with Crippen LogP contribution in [-0.2, 0) is 36.9 Å². The van der Waals surface area contributed by atoms with Gasteiger partial charge in [-0.1, -0.05) is 0 Å². The van der Waals surface area contributed by atoms with Crippen LogP contribution in [0, 0.1) is 0 Å². The fourth-order valence-corrected chi connectivity index (χ4v) is 7.23. The number of nitrogens with one attached hydrogen (secondary N) is 1. The van der Waals surface area contributed by atoms with Gasteiger partial charge in [0.1, 0.15) is 54.8 Å². The average molecular weight is 688 g/mol. The molecule has 248 valence electrons. The van der Waals surface area contributed by atoms with Crippen LogP contribution in [0.15, 0.2) is 23.8 Å². The van der Waals surface area contributed by atoms with Crippen molar-refractivity contribution < 1.29 is 56.9 Å². The van der Waals surface area contributed by atoms with Gasteiger partial charge in [-0.25, -0.2) is 24.5 Å². The minimum Gasteiger partial charge on any atom is -0.386 e. The second-order valence-electron chi connectivity index (χ2n) is 10.5. The lowest BCUT2D eigenvalue weighted by Crippen LogP contribution is -2.37. The third-order valence-electron chi connectivity index (χ3n) is 7.53. The number of aliphatic hydroxyl groups is 2. The first kappa shape index (κ1) is 31.2. The van der Waals surface area contributed by atoms with Crippen LogP contribution in [0.25, 0.3) is 22.3 Å². The van der Waals surface area contributed by atoms with Crippen LogP contribution in [0.4, 0.5) is 11.8 Å². The van der Waals surface area contributed by atoms with Gasteiger partial charge in [0, 0.05) is 0 Å². The Morgan fingerprint density at radius 1 is 0.870 bits per heavy atom. The third-order valence-corrected chi connectivity index (χ3v) is 9.55.